The van der Waals surface area contributed by atoms with Crippen molar-refractivity contribution >= 4 is 5.97 Å². The fraction of sp³-hybridized carbons (Fsp3) is 0.917. The molecule has 0 aromatic heterocycles. The minimum atomic E-state index is -0.783. The molecule has 1 aliphatic carbocycles. The van der Waals surface area contributed by atoms with Crippen molar-refractivity contribution in [2.24, 2.45) is 17.6 Å². The summed E-state index contributed by atoms with van der Waals surface area (Å²) in [6.45, 7) is 2.26. The van der Waals surface area contributed by atoms with Gasteiger partial charge in [-0.1, -0.05) is 26.2 Å². The molecule has 1 aliphatic rings. The average Bonchev–Trinajstić information content (AvgIpc) is 2.07. The van der Waals surface area contributed by atoms with Crippen LogP contribution in [0.2, 0.25) is 0 Å². The Kier molecular flexibility index (Phi) is 5.09. The first-order valence-corrected chi connectivity index (χ1v) is 6.05. The molecule has 0 spiro atoms. The number of carboxylic acid groups (broad SMARTS) is 1. The molecule has 2 unspecified atom stereocenters. The van der Waals surface area contributed by atoms with Crippen molar-refractivity contribution in [1.29, 1.82) is 0 Å². The monoisotopic (exact) mass is 213 g/mol. The molecule has 88 valence electrons. The van der Waals surface area contributed by atoms with E-state index in [2.05, 4.69) is 6.92 Å². The number of aliphatic carboxylic acids is 1. The van der Waals surface area contributed by atoms with Crippen LogP contribution in [0.3, 0.4) is 0 Å². The fourth-order valence-electron chi connectivity index (χ4n) is 2.24. The Morgan fingerprint density at radius 2 is 2.13 bits per heavy atom. The van der Waals surface area contributed by atoms with E-state index in [1.54, 1.807) is 0 Å². The summed E-state index contributed by atoms with van der Waals surface area (Å²) in [4.78, 5) is 10.4. The lowest BCUT2D eigenvalue weighted by Gasteiger charge is -2.28. The third-order valence-corrected chi connectivity index (χ3v) is 3.43. The van der Waals surface area contributed by atoms with Crippen LogP contribution in [0.4, 0.5) is 0 Å². The van der Waals surface area contributed by atoms with Crippen LogP contribution in [0.1, 0.15) is 51.9 Å². The van der Waals surface area contributed by atoms with E-state index in [1.165, 1.54) is 25.7 Å². The van der Waals surface area contributed by atoms with Crippen LogP contribution in [0.5, 0.6) is 0 Å². The summed E-state index contributed by atoms with van der Waals surface area (Å²) >= 11 is 0. The lowest BCUT2D eigenvalue weighted by molar-refractivity contribution is -0.137. The zero-order valence-corrected chi connectivity index (χ0v) is 9.61. The molecule has 3 N–H and O–H groups in total. The van der Waals surface area contributed by atoms with Crippen LogP contribution in [-0.4, -0.2) is 17.1 Å². The molecule has 0 aromatic rings. The zero-order valence-electron chi connectivity index (χ0n) is 9.61. The molecule has 1 fully saturated rings. The van der Waals surface area contributed by atoms with Crippen molar-refractivity contribution in [3.8, 4) is 0 Å². The molecule has 3 nitrogen and oxygen atoms in total. The van der Waals surface area contributed by atoms with E-state index in [-0.39, 0.29) is 12.5 Å². The summed E-state index contributed by atoms with van der Waals surface area (Å²) in [7, 11) is 0. The topological polar surface area (TPSA) is 63.3 Å². The fourth-order valence-corrected chi connectivity index (χ4v) is 2.24. The standard InChI is InChI=1S/C12H23NO2/c1-9(7-10-3-2-4-10)5-6-11(13)8-12(14)15/h9-11H,2-8,13H2,1H3,(H,14,15). The molecule has 1 saturated carbocycles. The van der Waals surface area contributed by atoms with Gasteiger partial charge in [-0.3, -0.25) is 4.79 Å². The Balaban J connectivity index is 2.04. The van der Waals surface area contributed by atoms with Gasteiger partial charge in [-0.05, 0) is 31.1 Å². The van der Waals surface area contributed by atoms with E-state index < -0.39 is 5.97 Å². The number of carbonyl (C=O) groups is 1. The van der Waals surface area contributed by atoms with Crippen LogP contribution in [0.15, 0.2) is 0 Å². The lowest BCUT2D eigenvalue weighted by Crippen LogP contribution is -2.24. The van der Waals surface area contributed by atoms with Gasteiger partial charge in [-0.15, -0.1) is 0 Å². The van der Waals surface area contributed by atoms with E-state index in [1.807, 2.05) is 0 Å². The zero-order chi connectivity index (χ0) is 11.3. The van der Waals surface area contributed by atoms with Gasteiger partial charge >= 0.3 is 5.97 Å². The van der Waals surface area contributed by atoms with E-state index in [0.717, 1.165) is 18.8 Å². The highest BCUT2D eigenvalue weighted by Crippen LogP contribution is 2.33. The summed E-state index contributed by atoms with van der Waals surface area (Å²) in [5.41, 5.74) is 5.72. The first-order valence-electron chi connectivity index (χ1n) is 6.05. The van der Waals surface area contributed by atoms with Gasteiger partial charge in [-0.2, -0.15) is 0 Å². The number of hydrogen-bond donors (Lipinski definition) is 2. The van der Waals surface area contributed by atoms with Crippen LogP contribution < -0.4 is 5.73 Å². The highest BCUT2D eigenvalue weighted by Gasteiger charge is 2.20. The molecule has 1 rings (SSSR count). The summed E-state index contributed by atoms with van der Waals surface area (Å²) in [5, 5.41) is 8.56. The smallest absolute Gasteiger partial charge is 0.304 e. The molecule has 0 bridgehead atoms. The predicted molar refractivity (Wildman–Crippen MR) is 60.6 cm³/mol. The van der Waals surface area contributed by atoms with E-state index in [4.69, 9.17) is 10.8 Å². The third kappa shape index (κ3) is 5.17. The highest BCUT2D eigenvalue weighted by atomic mass is 16.4. The van der Waals surface area contributed by atoms with Crippen molar-refractivity contribution < 1.29 is 9.90 Å². The first-order chi connectivity index (χ1) is 7.08. The Labute approximate surface area is 92.0 Å². The van der Waals surface area contributed by atoms with Gasteiger partial charge in [0.25, 0.3) is 0 Å². The summed E-state index contributed by atoms with van der Waals surface area (Å²) in [5.74, 6) is 0.861. The lowest BCUT2D eigenvalue weighted by atomic mass is 9.78. The first kappa shape index (κ1) is 12.5. The van der Waals surface area contributed by atoms with E-state index >= 15 is 0 Å². The maximum Gasteiger partial charge on any atom is 0.304 e. The normalized spacial score (nSPS) is 20.7. The van der Waals surface area contributed by atoms with Crippen molar-refractivity contribution in [3.05, 3.63) is 0 Å². The molecule has 0 saturated heterocycles. The van der Waals surface area contributed by atoms with Gasteiger partial charge < -0.3 is 10.8 Å². The Morgan fingerprint density at radius 3 is 2.60 bits per heavy atom. The molecule has 0 aromatic carbocycles. The SMILES string of the molecule is CC(CCC(N)CC(=O)O)CC1CCC1. The molecule has 0 aliphatic heterocycles. The maximum atomic E-state index is 10.4. The molecular weight excluding hydrogens is 190 g/mol. The number of rotatable bonds is 7. The maximum absolute atomic E-state index is 10.4. The Hall–Kier alpha value is -0.570. The average molecular weight is 213 g/mol. The van der Waals surface area contributed by atoms with Gasteiger partial charge in [-0.25, -0.2) is 0 Å². The van der Waals surface area contributed by atoms with Crippen molar-refractivity contribution in [2.45, 2.75) is 57.9 Å². The van der Waals surface area contributed by atoms with E-state index in [0.29, 0.717) is 5.92 Å². The second-order valence-corrected chi connectivity index (χ2v) is 5.07. The molecular formula is C12H23NO2. The largest absolute Gasteiger partial charge is 0.481 e. The van der Waals surface area contributed by atoms with Gasteiger partial charge in [0, 0.05) is 6.04 Å². The van der Waals surface area contributed by atoms with Gasteiger partial charge in [0.1, 0.15) is 0 Å². The second kappa shape index (κ2) is 6.11. The summed E-state index contributed by atoms with van der Waals surface area (Å²) < 4.78 is 0. The highest BCUT2D eigenvalue weighted by molar-refractivity contribution is 5.67. The minimum absolute atomic E-state index is 0.107. The van der Waals surface area contributed by atoms with Crippen molar-refractivity contribution in [3.63, 3.8) is 0 Å². The van der Waals surface area contributed by atoms with Crippen LogP contribution in [-0.2, 0) is 4.79 Å². The van der Waals surface area contributed by atoms with Crippen molar-refractivity contribution in [1.82, 2.24) is 0 Å². The Morgan fingerprint density at radius 1 is 1.47 bits per heavy atom. The molecule has 3 heteroatoms. The van der Waals surface area contributed by atoms with Gasteiger partial charge in [0.15, 0.2) is 0 Å². The molecule has 15 heavy (non-hydrogen) atoms. The number of nitrogens with two attached hydrogens (primary N) is 1. The minimum Gasteiger partial charge on any atom is -0.481 e. The van der Waals surface area contributed by atoms with Gasteiger partial charge in [0.2, 0.25) is 0 Å². The molecule has 0 heterocycles. The van der Waals surface area contributed by atoms with Gasteiger partial charge in [0.05, 0.1) is 6.42 Å². The third-order valence-electron chi connectivity index (χ3n) is 3.43. The quantitative estimate of drug-likeness (QED) is 0.682. The molecule has 0 amide bonds. The van der Waals surface area contributed by atoms with Crippen LogP contribution in [0.25, 0.3) is 0 Å². The number of carboxylic acids is 1. The van der Waals surface area contributed by atoms with E-state index in [9.17, 15) is 4.79 Å². The van der Waals surface area contributed by atoms with Crippen molar-refractivity contribution in [2.75, 3.05) is 0 Å². The molecule has 0 radical (unpaired) electrons. The summed E-state index contributed by atoms with van der Waals surface area (Å²) in [6.07, 6.45) is 7.52. The van der Waals surface area contributed by atoms with Crippen LogP contribution in [0, 0.1) is 11.8 Å². The molecule has 2 atom stereocenters. The Bertz CT molecular complexity index is 202. The second-order valence-electron chi connectivity index (χ2n) is 5.07. The predicted octanol–water partition coefficient (Wildman–Crippen LogP) is 2.39. The van der Waals surface area contributed by atoms with Crippen LogP contribution >= 0.6 is 0 Å². The number of hydrogen-bond acceptors (Lipinski definition) is 2. The summed E-state index contributed by atoms with van der Waals surface area (Å²) in [6, 6.07) is -0.161.